The molecule has 0 atom stereocenters. The standard InChI is InChI=1S/C14H21NO2S/c1-14(2,3)9-10-8-11(15)4-7-13(10)18(16,17)12-5-6-12/h4,7-8,12H,5-6,9,15H2,1-3H3. The van der Waals surface area contributed by atoms with Crippen molar-refractivity contribution in [1.29, 1.82) is 0 Å². The third-order valence-corrected chi connectivity index (χ3v) is 5.44. The molecule has 2 rings (SSSR count). The molecule has 0 radical (unpaired) electrons. The van der Waals surface area contributed by atoms with Crippen LogP contribution in [-0.4, -0.2) is 13.7 Å². The van der Waals surface area contributed by atoms with Crippen LogP contribution in [0, 0.1) is 5.41 Å². The van der Waals surface area contributed by atoms with E-state index in [-0.39, 0.29) is 10.7 Å². The number of nitrogens with two attached hydrogens (primary N) is 1. The molecule has 0 aliphatic heterocycles. The van der Waals surface area contributed by atoms with Gasteiger partial charge in [-0.3, -0.25) is 0 Å². The van der Waals surface area contributed by atoms with E-state index in [9.17, 15) is 8.42 Å². The van der Waals surface area contributed by atoms with E-state index >= 15 is 0 Å². The zero-order valence-corrected chi connectivity index (χ0v) is 12.0. The lowest BCUT2D eigenvalue weighted by atomic mass is 9.88. The topological polar surface area (TPSA) is 60.2 Å². The van der Waals surface area contributed by atoms with Crippen LogP contribution in [0.4, 0.5) is 5.69 Å². The predicted octanol–water partition coefficient (Wildman–Crippen LogP) is 2.79. The van der Waals surface area contributed by atoms with Gasteiger partial charge in [0.1, 0.15) is 0 Å². The molecule has 18 heavy (non-hydrogen) atoms. The van der Waals surface area contributed by atoms with Gasteiger partial charge in [0.25, 0.3) is 0 Å². The average molecular weight is 267 g/mol. The van der Waals surface area contributed by atoms with Crippen LogP contribution in [0.15, 0.2) is 23.1 Å². The molecule has 0 amide bonds. The number of hydrogen-bond donors (Lipinski definition) is 1. The summed E-state index contributed by atoms with van der Waals surface area (Å²) in [4.78, 5) is 0.481. The fraction of sp³-hybridized carbons (Fsp3) is 0.571. The molecule has 0 unspecified atom stereocenters. The van der Waals surface area contributed by atoms with E-state index < -0.39 is 9.84 Å². The van der Waals surface area contributed by atoms with Gasteiger partial charge in [0, 0.05) is 5.69 Å². The summed E-state index contributed by atoms with van der Waals surface area (Å²) in [5.41, 5.74) is 7.31. The van der Waals surface area contributed by atoms with E-state index in [2.05, 4.69) is 20.8 Å². The highest BCUT2D eigenvalue weighted by molar-refractivity contribution is 7.92. The minimum absolute atomic E-state index is 0.0433. The fourth-order valence-electron chi connectivity index (χ4n) is 2.14. The van der Waals surface area contributed by atoms with Gasteiger partial charge in [-0.2, -0.15) is 0 Å². The molecule has 1 aliphatic carbocycles. The van der Waals surface area contributed by atoms with Gasteiger partial charge in [-0.25, -0.2) is 8.42 Å². The third-order valence-electron chi connectivity index (χ3n) is 3.08. The Bertz CT molecular complexity index is 552. The van der Waals surface area contributed by atoms with Crippen molar-refractivity contribution in [3.05, 3.63) is 23.8 Å². The number of nitrogen functional groups attached to an aromatic ring is 1. The van der Waals surface area contributed by atoms with Crippen LogP contribution in [0.2, 0.25) is 0 Å². The summed E-state index contributed by atoms with van der Waals surface area (Å²) >= 11 is 0. The lowest BCUT2D eigenvalue weighted by Gasteiger charge is -2.20. The maximum atomic E-state index is 12.4. The lowest BCUT2D eigenvalue weighted by Crippen LogP contribution is -2.15. The van der Waals surface area contributed by atoms with Crippen molar-refractivity contribution in [1.82, 2.24) is 0 Å². The number of anilines is 1. The van der Waals surface area contributed by atoms with Gasteiger partial charge >= 0.3 is 0 Å². The zero-order valence-electron chi connectivity index (χ0n) is 11.2. The van der Waals surface area contributed by atoms with Gasteiger partial charge in [-0.05, 0) is 48.4 Å². The van der Waals surface area contributed by atoms with Crippen LogP contribution < -0.4 is 5.73 Å². The second-order valence-corrected chi connectivity index (χ2v) is 8.55. The third kappa shape index (κ3) is 2.86. The Labute approximate surface area is 109 Å². The molecule has 1 fully saturated rings. The average Bonchev–Trinajstić information content (AvgIpc) is 2.96. The largest absolute Gasteiger partial charge is 0.399 e. The van der Waals surface area contributed by atoms with Crippen LogP contribution in [-0.2, 0) is 16.3 Å². The molecule has 1 aromatic carbocycles. The van der Waals surface area contributed by atoms with E-state index in [1.165, 1.54) is 0 Å². The van der Waals surface area contributed by atoms with Crippen molar-refractivity contribution in [2.45, 2.75) is 50.2 Å². The molecule has 4 heteroatoms. The van der Waals surface area contributed by atoms with Crippen LogP contribution in [0.5, 0.6) is 0 Å². The van der Waals surface area contributed by atoms with Crippen molar-refractivity contribution in [3.8, 4) is 0 Å². The van der Waals surface area contributed by atoms with Crippen LogP contribution in [0.1, 0.15) is 39.2 Å². The van der Waals surface area contributed by atoms with E-state index in [1.807, 2.05) is 0 Å². The summed E-state index contributed by atoms with van der Waals surface area (Å²) in [5.74, 6) is 0. The highest BCUT2D eigenvalue weighted by atomic mass is 32.2. The molecular formula is C14H21NO2S. The van der Waals surface area contributed by atoms with Crippen molar-refractivity contribution < 1.29 is 8.42 Å². The summed E-state index contributed by atoms with van der Waals surface area (Å²) in [6.45, 7) is 6.30. The first-order valence-electron chi connectivity index (χ1n) is 6.32. The summed E-state index contributed by atoms with van der Waals surface area (Å²) in [5, 5.41) is -0.167. The maximum absolute atomic E-state index is 12.4. The Hall–Kier alpha value is -1.03. The Balaban J connectivity index is 2.47. The molecule has 0 saturated heterocycles. The summed E-state index contributed by atoms with van der Waals surface area (Å²) in [6.07, 6.45) is 2.31. The first-order valence-corrected chi connectivity index (χ1v) is 7.87. The monoisotopic (exact) mass is 267 g/mol. The molecule has 100 valence electrons. The van der Waals surface area contributed by atoms with E-state index in [0.717, 1.165) is 24.8 Å². The smallest absolute Gasteiger partial charge is 0.181 e. The minimum atomic E-state index is -3.14. The molecule has 0 aromatic heterocycles. The van der Waals surface area contributed by atoms with Gasteiger partial charge in [0.15, 0.2) is 9.84 Å². The minimum Gasteiger partial charge on any atom is -0.399 e. The number of sulfone groups is 1. The molecule has 0 heterocycles. The van der Waals surface area contributed by atoms with E-state index in [0.29, 0.717) is 10.6 Å². The second kappa shape index (κ2) is 4.26. The molecule has 3 nitrogen and oxygen atoms in total. The Kier molecular flexibility index (Phi) is 3.18. The lowest BCUT2D eigenvalue weighted by molar-refractivity contribution is 0.408. The normalized spacial score (nSPS) is 16.8. The first kappa shape index (κ1) is 13.4. The Morgan fingerprint density at radius 3 is 2.39 bits per heavy atom. The van der Waals surface area contributed by atoms with Crippen molar-refractivity contribution in [2.75, 3.05) is 5.73 Å². The molecule has 1 aliphatic rings. The highest BCUT2D eigenvalue weighted by Gasteiger charge is 2.38. The number of rotatable bonds is 3. The van der Waals surface area contributed by atoms with Crippen molar-refractivity contribution in [2.24, 2.45) is 5.41 Å². The van der Waals surface area contributed by atoms with Gasteiger partial charge < -0.3 is 5.73 Å². The Morgan fingerprint density at radius 2 is 1.89 bits per heavy atom. The van der Waals surface area contributed by atoms with Crippen LogP contribution in [0.25, 0.3) is 0 Å². The SMILES string of the molecule is CC(C)(C)Cc1cc(N)ccc1S(=O)(=O)C1CC1. The Morgan fingerprint density at radius 1 is 1.28 bits per heavy atom. The van der Waals surface area contributed by atoms with E-state index in [4.69, 9.17) is 5.73 Å². The molecule has 1 saturated carbocycles. The fourth-order valence-corrected chi connectivity index (χ4v) is 4.01. The summed E-state index contributed by atoms with van der Waals surface area (Å²) in [6, 6.07) is 5.16. The predicted molar refractivity (Wildman–Crippen MR) is 74.2 cm³/mol. The maximum Gasteiger partial charge on any atom is 0.181 e. The molecule has 0 bridgehead atoms. The summed E-state index contributed by atoms with van der Waals surface area (Å²) < 4.78 is 24.7. The van der Waals surface area contributed by atoms with Crippen molar-refractivity contribution >= 4 is 15.5 Å². The van der Waals surface area contributed by atoms with Crippen LogP contribution in [0.3, 0.4) is 0 Å². The number of benzene rings is 1. The zero-order chi connectivity index (χ0) is 13.6. The molecule has 2 N–H and O–H groups in total. The summed E-state index contributed by atoms with van der Waals surface area (Å²) in [7, 11) is -3.14. The molecule has 0 spiro atoms. The molecular weight excluding hydrogens is 246 g/mol. The van der Waals surface area contributed by atoms with Gasteiger partial charge in [-0.1, -0.05) is 20.8 Å². The van der Waals surface area contributed by atoms with Gasteiger partial charge in [0.05, 0.1) is 10.1 Å². The quantitative estimate of drug-likeness (QED) is 0.857. The highest BCUT2D eigenvalue weighted by Crippen LogP contribution is 2.37. The second-order valence-electron chi connectivity index (χ2n) is 6.35. The van der Waals surface area contributed by atoms with Crippen LogP contribution >= 0.6 is 0 Å². The van der Waals surface area contributed by atoms with E-state index in [1.54, 1.807) is 18.2 Å². The molecule has 1 aromatic rings. The van der Waals surface area contributed by atoms with Gasteiger partial charge in [0.2, 0.25) is 0 Å². The number of hydrogen-bond acceptors (Lipinski definition) is 3. The van der Waals surface area contributed by atoms with Gasteiger partial charge in [-0.15, -0.1) is 0 Å². The first-order chi connectivity index (χ1) is 8.20. The van der Waals surface area contributed by atoms with Crippen molar-refractivity contribution in [3.63, 3.8) is 0 Å².